The van der Waals surface area contributed by atoms with Crippen molar-refractivity contribution in [1.82, 2.24) is 9.80 Å². The number of thiophene rings is 1. The van der Waals surface area contributed by atoms with Crippen LogP contribution in [0.4, 0.5) is 0 Å². The van der Waals surface area contributed by atoms with E-state index in [9.17, 15) is 0 Å². The van der Waals surface area contributed by atoms with Crippen LogP contribution in [0.5, 0.6) is 0 Å². The number of hydrogen-bond acceptors (Lipinski definition) is 4. The third-order valence-electron chi connectivity index (χ3n) is 4.67. The smallest absolute Gasteiger partial charge is 0.0596 e. The molecule has 0 saturated carbocycles. The van der Waals surface area contributed by atoms with Gasteiger partial charge in [-0.05, 0) is 57.3 Å². The molecule has 2 atom stereocenters. The molecule has 0 spiro atoms. The Morgan fingerprint density at radius 2 is 2.05 bits per heavy atom. The molecule has 2 unspecified atom stereocenters. The molecule has 3 nitrogen and oxygen atoms in total. The van der Waals surface area contributed by atoms with Gasteiger partial charge in [0.05, 0.1) is 6.04 Å². The van der Waals surface area contributed by atoms with E-state index in [4.69, 9.17) is 5.73 Å². The van der Waals surface area contributed by atoms with Gasteiger partial charge in [-0.2, -0.15) is 0 Å². The van der Waals surface area contributed by atoms with Gasteiger partial charge in [0, 0.05) is 30.1 Å². The Bertz CT molecular complexity index is 408. The molecular weight excluding hydrogens is 266 g/mol. The van der Waals surface area contributed by atoms with Gasteiger partial charge < -0.3 is 10.6 Å². The standard InChI is InChI=1S/C16H29N3S/c1-5-14(17)15(16-12(2)8-11-20-16)19-9-6-13(7-10-19)18(3)4/h8,11,13-15H,5-7,9-10,17H2,1-4H3. The summed E-state index contributed by atoms with van der Waals surface area (Å²) in [6.45, 7) is 6.75. The number of rotatable bonds is 5. The molecule has 0 aromatic carbocycles. The summed E-state index contributed by atoms with van der Waals surface area (Å²) in [4.78, 5) is 6.46. The fraction of sp³-hybridized carbons (Fsp3) is 0.750. The van der Waals surface area contributed by atoms with Crippen LogP contribution in [0.2, 0.25) is 0 Å². The van der Waals surface area contributed by atoms with E-state index < -0.39 is 0 Å². The molecule has 2 N–H and O–H groups in total. The largest absolute Gasteiger partial charge is 0.326 e. The maximum Gasteiger partial charge on any atom is 0.0596 e. The second kappa shape index (κ2) is 7.03. The second-order valence-corrected chi connectivity index (χ2v) is 7.16. The maximum atomic E-state index is 6.46. The van der Waals surface area contributed by atoms with Crippen molar-refractivity contribution in [2.45, 2.75) is 51.2 Å². The number of piperidine rings is 1. The number of aryl methyl sites for hydroxylation is 1. The summed E-state index contributed by atoms with van der Waals surface area (Å²) >= 11 is 1.87. The molecule has 1 fully saturated rings. The van der Waals surface area contributed by atoms with Crippen molar-refractivity contribution < 1.29 is 0 Å². The Morgan fingerprint density at radius 3 is 2.50 bits per heavy atom. The minimum Gasteiger partial charge on any atom is -0.326 e. The van der Waals surface area contributed by atoms with Crippen molar-refractivity contribution in [1.29, 1.82) is 0 Å². The third-order valence-corrected chi connectivity index (χ3v) is 5.76. The van der Waals surface area contributed by atoms with E-state index in [1.54, 1.807) is 0 Å². The van der Waals surface area contributed by atoms with E-state index in [0.29, 0.717) is 6.04 Å². The van der Waals surface area contributed by atoms with Crippen LogP contribution in [0, 0.1) is 6.92 Å². The Labute approximate surface area is 127 Å². The van der Waals surface area contributed by atoms with Crippen LogP contribution in [0.1, 0.15) is 42.7 Å². The van der Waals surface area contributed by atoms with Crippen molar-refractivity contribution in [2.24, 2.45) is 5.73 Å². The van der Waals surface area contributed by atoms with Crippen molar-refractivity contribution in [3.63, 3.8) is 0 Å². The summed E-state index contributed by atoms with van der Waals surface area (Å²) in [6.07, 6.45) is 3.55. The number of nitrogens with two attached hydrogens (primary N) is 1. The zero-order valence-corrected chi connectivity index (χ0v) is 14.1. The van der Waals surface area contributed by atoms with E-state index in [1.807, 2.05) is 11.3 Å². The summed E-state index contributed by atoms with van der Waals surface area (Å²) in [5.74, 6) is 0. The van der Waals surface area contributed by atoms with Gasteiger partial charge in [-0.25, -0.2) is 0 Å². The highest BCUT2D eigenvalue weighted by molar-refractivity contribution is 7.10. The zero-order valence-electron chi connectivity index (χ0n) is 13.3. The normalized spacial score (nSPS) is 21.3. The fourth-order valence-corrected chi connectivity index (χ4v) is 4.36. The lowest BCUT2D eigenvalue weighted by Crippen LogP contribution is -2.47. The zero-order chi connectivity index (χ0) is 14.7. The highest BCUT2D eigenvalue weighted by Gasteiger charge is 2.31. The van der Waals surface area contributed by atoms with Gasteiger partial charge in [0.1, 0.15) is 0 Å². The highest BCUT2D eigenvalue weighted by Crippen LogP contribution is 2.34. The van der Waals surface area contributed by atoms with Crippen molar-refractivity contribution >= 4 is 11.3 Å². The Balaban J connectivity index is 2.11. The summed E-state index contributed by atoms with van der Waals surface area (Å²) < 4.78 is 0. The van der Waals surface area contributed by atoms with Crippen LogP contribution in [0.15, 0.2) is 11.4 Å². The van der Waals surface area contributed by atoms with Gasteiger partial charge in [-0.15, -0.1) is 11.3 Å². The predicted molar refractivity (Wildman–Crippen MR) is 88.3 cm³/mol. The molecule has 114 valence electrons. The molecule has 1 aromatic heterocycles. The van der Waals surface area contributed by atoms with Crippen molar-refractivity contribution in [3.05, 3.63) is 21.9 Å². The van der Waals surface area contributed by atoms with Crippen molar-refractivity contribution in [2.75, 3.05) is 27.2 Å². The van der Waals surface area contributed by atoms with Gasteiger partial charge in [0.25, 0.3) is 0 Å². The fourth-order valence-electron chi connectivity index (χ4n) is 3.22. The van der Waals surface area contributed by atoms with Gasteiger partial charge in [0.2, 0.25) is 0 Å². The molecule has 20 heavy (non-hydrogen) atoms. The van der Waals surface area contributed by atoms with E-state index >= 15 is 0 Å². The molecular formula is C16H29N3S. The molecule has 0 aliphatic carbocycles. The predicted octanol–water partition coefficient (Wildman–Crippen LogP) is 2.86. The maximum absolute atomic E-state index is 6.46. The number of hydrogen-bond donors (Lipinski definition) is 1. The molecule has 1 saturated heterocycles. The van der Waals surface area contributed by atoms with Gasteiger partial charge in [-0.3, -0.25) is 4.90 Å². The lowest BCUT2D eigenvalue weighted by molar-refractivity contribution is 0.0961. The van der Waals surface area contributed by atoms with E-state index in [2.05, 4.69) is 49.2 Å². The quantitative estimate of drug-likeness (QED) is 0.906. The Kier molecular flexibility index (Phi) is 5.61. The molecule has 0 bridgehead atoms. The lowest BCUT2D eigenvalue weighted by Gasteiger charge is -2.41. The minimum absolute atomic E-state index is 0.239. The molecule has 0 amide bonds. The van der Waals surface area contributed by atoms with Crippen molar-refractivity contribution in [3.8, 4) is 0 Å². The van der Waals surface area contributed by atoms with Gasteiger partial charge >= 0.3 is 0 Å². The first-order valence-electron chi connectivity index (χ1n) is 7.74. The van der Waals surface area contributed by atoms with Crippen LogP contribution in [-0.2, 0) is 0 Å². The molecule has 1 aliphatic rings. The summed E-state index contributed by atoms with van der Waals surface area (Å²) in [6, 6.07) is 3.60. The molecule has 0 radical (unpaired) electrons. The summed E-state index contributed by atoms with van der Waals surface area (Å²) in [5, 5.41) is 2.20. The first-order valence-corrected chi connectivity index (χ1v) is 8.62. The summed E-state index contributed by atoms with van der Waals surface area (Å²) in [7, 11) is 4.39. The molecule has 1 aliphatic heterocycles. The molecule has 1 aromatic rings. The van der Waals surface area contributed by atoms with Gasteiger partial charge in [-0.1, -0.05) is 6.92 Å². The van der Waals surface area contributed by atoms with Crippen LogP contribution < -0.4 is 5.73 Å². The second-order valence-electron chi connectivity index (χ2n) is 6.22. The highest BCUT2D eigenvalue weighted by atomic mass is 32.1. The van der Waals surface area contributed by atoms with Gasteiger partial charge in [0.15, 0.2) is 0 Å². The Morgan fingerprint density at radius 1 is 1.40 bits per heavy atom. The van der Waals surface area contributed by atoms with Crippen LogP contribution in [-0.4, -0.2) is 49.1 Å². The molecule has 2 rings (SSSR count). The third kappa shape index (κ3) is 3.42. The van der Waals surface area contributed by atoms with Crippen LogP contribution in [0.3, 0.4) is 0 Å². The number of nitrogens with zero attached hydrogens (tertiary/aromatic N) is 2. The van der Waals surface area contributed by atoms with Crippen LogP contribution >= 0.6 is 11.3 Å². The average Bonchev–Trinajstić information content (AvgIpc) is 2.85. The Hall–Kier alpha value is -0.420. The van der Waals surface area contributed by atoms with Crippen LogP contribution in [0.25, 0.3) is 0 Å². The first kappa shape index (κ1) is 16.0. The first-order chi connectivity index (χ1) is 9.54. The monoisotopic (exact) mass is 295 g/mol. The topological polar surface area (TPSA) is 32.5 Å². The summed E-state index contributed by atoms with van der Waals surface area (Å²) in [5.41, 5.74) is 7.86. The van der Waals surface area contributed by atoms with E-state index in [-0.39, 0.29) is 6.04 Å². The minimum atomic E-state index is 0.239. The average molecular weight is 295 g/mol. The molecule has 2 heterocycles. The molecule has 4 heteroatoms. The van der Waals surface area contributed by atoms with E-state index in [0.717, 1.165) is 12.5 Å². The SMILES string of the molecule is CCC(N)C(c1sccc1C)N1CCC(N(C)C)CC1. The van der Waals surface area contributed by atoms with E-state index in [1.165, 1.54) is 36.4 Å². The lowest BCUT2D eigenvalue weighted by atomic mass is 9.96. The number of likely N-dealkylation sites (tertiary alicyclic amines) is 1.